The van der Waals surface area contributed by atoms with Crippen molar-refractivity contribution < 1.29 is 31.1 Å². The number of ether oxygens (including phenoxy) is 1. The molecule has 0 saturated carbocycles. The highest BCUT2D eigenvalue weighted by molar-refractivity contribution is 9.10. The summed E-state index contributed by atoms with van der Waals surface area (Å²) in [6, 6.07) is 4.23. The van der Waals surface area contributed by atoms with E-state index >= 15 is 4.39 Å². The minimum Gasteiger partial charge on any atom is -0.361 e. The second-order valence-electron chi connectivity index (χ2n) is 10.3. The van der Waals surface area contributed by atoms with Gasteiger partial charge in [0.15, 0.2) is 5.82 Å². The van der Waals surface area contributed by atoms with E-state index in [1.807, 2.05) is 4.72 Å². The van der Waals surface area contributed by atoms with E-state index in [1.54, 1.807) is 10.6 Å². The Hall–Kier alpha value is -2.26. The van der Waals surface area contributed by atoms with Crippen LogP contribution in [-0.4, -0.2) is 62.0 Å². The van der Waals surface area contributed by atoms with Crippen molar-refractivity contribution in [2.75, 3.05) is 24.4 Å². The number of aromatic nitrogens is 2. The van der Waals surface area contributed by atoms with Gasteiger partial charge in [0.05, 0.1) is 16.8 Å². The average molecular weight is 634 g/mol. The van der Waals surface area contributed by atoms with Gasteiger partial charge in [0.2, 0.25) is 5.78 Å². The van der Waals surface area contributed by atoms with Crippen LogP contribution in [0.4, 0.5) is 18.9 Å². The number of rotatable bonds is 10. The maximum Gasteiger partial charge on any atom is 0.301 e. The molecule has 0 bridgehead atoms. The lowest BCUT2D eigenvalue weighted by Gasteiger charge is -2.18. The Labute approximate surface area is 228 Å². The molecule has 1 N–H and O–H groups in total. The lowest BCUT2D eigenvalue weighted by Crippen LogP contribution is -2.34. The van der Waals surface area contributed by atoms with Gasteiger partial charge in [0, 0.05) is 50.0 Å². The number of alkyl halides is 1. The number of carbonyl (C=O) groups excluding carboxylic acids is 1. The van der Waals surface area contributed by atoms with Gasteiger partial charge in [0.1, 0.15) is 24.4 Å². The summed E-state index contributed by atoms with van der Waals surface area (Å²) in [7, 11) is -5.64. The standard InChI is InChI=1S/C24H28BrF3N4O4SSi/c1-38(2,3)9-8-36-14-31-13-18(17-10-15(25)11-29-24(17)31)23(33)21-19(27)4-5-20(22(21)28)30-37(34,35)32-7-6-16(26)12-32/h4-5,10-11,13,16,30H,6-9,12,14H2,1-3H3/t16-/m1/s1. The molecule has 1 aliphatic rings. The fourth-order valence-electron chi connectivity index (χ4n) is 4.05. The van der Waals surface area contributed by atoms with Crippen LogP contribution in [0.2, 0.25) is 25.7 Å². The molecular weight excluding hydrogens is 605 g/mol. The second kappa shape index (κ2) is 11.1. The summed E-state index contributed by atoms with van der Waals surface area (Å²) in [5, 5.41) is 0.342. The summed E-state index contributed by atoms with van der Waals surface area (Å²) in [6.45, 7) is 6.81. The molecule has 0 radical (unpaired) electrons. The Balaban J connectivity index is 1.67. The Morgan fingerprint density at radius 1 is 1.29 bits per heavy atom. The number of fused-ring (bicyclic) bond motifs is 1. The molecule has 2 aromatic heterocycles. The molecular formula is C24H28BrF3N4O4SSi. The van der Waals surface area contributed by atoms with Gasteiger partial charge in [-0.05, 0) is 46.6 Å². The minimum atomic E-state index is -4.31. The third-order valence-corrected chi connectivity index (χ3v) is 9.77. The molecule has 0 amide bonds. The first-order valence-electron chi connectivity index (χ1n) is 11.9. The minimum absolute atomic E-state index is 0.0199. The number of anilines is 1. The predicted molar refractivity (Wildman–Crippen MR) is 145 cm³/mol. The molecule has 3 heterocycles. The first-order valence-corrected chi connectivity index (χ1v) is 17.9. The Bertz CT molecular complexity index is 1480. The van der Waals surface area contributed by atoms with Crippen LogP contribution in [-0.2, 0) is 21.7 Å². The normalized spacial score (nSPS) is 16.9. The van der Waals surface area contributed by atoms with Crippen LogP contribution < -0.4 is 4.72 Å². The van der Waals surface area contributed by atoms with Crippen molar-refractivity contribution in [1.29, 1.82) is 0 Å². The maximum absolute atomic E-state index is 15.5. The third-order valence-electron chi connectivity index (χ3n) is 6.14. The van der Waals surface area contributed by atoms with Gasteiger partial charge < -0.3 is 9.30 Å². The maximum atomic E-state index is 15.5. The van der Waals surface area contributed by atoms with E-state index in [2.05, 4.69) is 40.6 Å². The lowest BCUT2D eigenvalue weighted by molar-refractivity contribution is 0.0896. The van der Waals surface area contributed by atoms with Crippen LogP contribution in [0, 0.1) is 11.6 Å². The largest absolute Gasteiger partial charge is 0.361 e. The van der Waals surface area contributed by atoms with E-state index in [-0.39, 0.29) is 31.8 Å². The van der Waals surface area contributed by atoms with Crippen molar-refractivity contribution in [3.05, 3.63) is 57.8 Å². The van der Waals surface area contributed by atoms with E-state index in [1.165, 1.54) is 12.4 Å². The topological polar surface area (TPSA) is 93.5 Å². The number of carbonyl (C=O) groups is 1. The first-order chi connectivity index (χ1) is 17.8. The zero-order chi connectivity index (χ0) is 27.8. The summed E-state index contributed by atoms with van der Waals surface area (Å²) >= 11 is 3.31. The number of halogens is 4. The highest BCUT2D eigenvalue weighted by Crippen LogP contribution is 2.30. The summed E-state index contributed by atoms with van der Waals surface area (Å²) in [5.41, 5.74) is -1.18. The zero-order valence-corrected chi connectivity index (χ0v) is 24.5. The van der Waals surface area contributed by atoms with Crippen molar-refractivity contribution in [3.8, 4) is 0 Å². The SMILES string of the molecule is C[Si](C)(C)CCOCn1cc(C(=O)c2c(F)ccc(NS(=O)(=O)N3CC[C@@H](F)C3)c2F)c2cc(Br)cnc21. The Kier molecular flexibility index (Phi) is 8.38. The monoisotopic (exact) mass is 632 g/mol. The van der Waals surface area contributed by atoms with Crippen LogP contribution in [0.25, 0.3) is 11.0 Å². The van der Waals surface area contributed by atoms with E-state index in [9.17, 15) is 22.0 Å². The molecule has 14 heteroatoms. The number of nitrogens with zero attached hydrogens (tertiary/aromatic N) is 3. The fraction of sp³-hybridized carbons (Fsp3) is 0.417. The molecule has 38 heavy (non-hydrogen) atoms. The Morgan fingerprint density at radius 2 is 2.03 bits per heavy atom. The molecule has 0 aliphatic carbocycles. The fourth-order valence-corrected chi connectivity index (χ4v) is 6.41. The molecule has 0 spiro atoms. The summed E-state index contributed by atoms with van der Waals surface area (Å²) in [5.74, 6) is -3.52. The highest BCUT2D eigenvalue weighted by atomic mass is 79.9. The van der Waals surface area contributed by atoms with Gasteiger partial charge >= 0.3 is 10.2 Å². The van der Waals surface area contributed by atoms with Crippen LogP contribution in [0.3, 0.4) is 0 Å². The van der Waals surface area contributed by atoms with E-state index in [0.717, 1.165) is 22.5 Å². The molecule has 3 aromatic rings. The molecule has 1 saturated heterocycles. The molecule has 1 fully saturated rings. The summed E-state index contributed by atoms with van der Waals surface area (Å²) in [4.78, 5) is 17.8. The average Bonchev–Trinajstić information content (AvgIpc) is 3.42. The van der Waals surface area contributed by atoms with Gasteiger partial charge in [-0.15, -0.1) is 0 Å². The molecule has 1 aromatic carbocycles. The van der Waals surface area contributed by atoms with Gasteiger partial charge in [-0.25, -0.2) is 18.2 Å². The number of pyridine rings is 1. The van der Waals surface area contributed by atoms with Gasteiger partial charge in [0.25, 0.3) is 0 Å². The van der Waals surface area contributed by atoms with Crippen LogP contribution >= 0.6 is 15.9 Å². The highest BCUT2D eigenvalue weighted by Gasteiger charge is 2.33. The van der Waals surface area contributed by atoms with E-state index < -0.39 is 53.1 Å². The quantitative estimate of drug-likeness (QED) is 0.185. The molecule has 4 rings (SSSR count). The summed E-state index contributed by atoms with van der Waals surface area (Å²) < 4.78 is 79.8. The van der Waals surface area contributed by atoms with Crippen molar-refractivity contribution >= 4 is 56.7 Å². The predicted octanol–water partition coefficient (Wildman–Crippen LogP) is 5.32. The second-order valence-corrected chi connectivity index (χ2v) is 18.6. The molecule has 1 aliphatic heterocycles. The van der Waals surface area contributed by atoms with Crippen molar-refractivity contribution in [2.45, 2.75) is 45.0 Å². The van der Waals surface area contributed by atoms with Gasteiger partial charge in [-0.2, -0.15) is 12.7 Å². The van der Waals surface area contributed by atoms with Crippen molar-refractivity contribution in [2.24, 2.45) is 0 Å². The van der Waals surface area contributed by atoms with Crippen LogP contribution in [0.5, 0.6) is 0 Å². The molecule has 1 atom stereocenters. The van der Waals surface area contributed by atoms with E-state index in [0.29, 0.717) is 22.1 Å². The lowest BCUT2D eigenvalue weighted by atomic mass is 10.0. The van der Waals surface area contributed by atoms with Gasteiger partial charge in [-0.1, -0.05) is 19.6 Å². The molecule has 8 nitrogen and oxygen atoms in total. The van der Waals surface area contributed by atoms with Gasteiger partial charge in [-0.3, -0.25) is 9.52 Å². The summed E-state index contributed by atoms with van der Waals surface area (Å²) in [6.07, 6.45) is 1.65. The third kappa shape index (κ3) is 6.30. The number of hydrogen-bond acceptors (Lipinski definition) is 5. The number of nitrogens with one attached hydrogen (secondary N) is 1. The van der Waals surface area contributed by atoms with E-state index in [4.69, 9.17) is 4.74 Å². The zero-order valence-electron chi connectivity index (χ0n) is 21.1. The van der Waals surface area contributed by atoms with Crippen molar-refractivity contribution in [3.63, 3.8) is 0 Å². The number of hydrogen-bond donors (Lipinski definition) is 1. The number of benzene rings is 1. The van der Waals surface area contributed by atoms with Crippen LogP contribution in [0.1, 0.15) is 22.3 Å². The van der Waals surface area contributed by atoms with Crippen LogP contribution in [0.15, 0.2) is 35.1 Å². The number of ketones is 1. The molecule has 0 unspecified atom stereocenters. The smallest absolute Gasteiger partial charge is 0.301 e. The molecule has 206 valence electrons. The first kappa shape index (κ1) is 28.7. The Morgan fingerprint density at radius 3 is 2.68 bits per heavy atom. The van der Waals surface area contributed by atoms with Crippen molar-refractivity contribution in [1.82, 2.24) is 13.9 Å².